The number of rotatable bonds is 4. The quantitative estimate of drug-likeness (QED) is 0.817. The fraction of sp³-hybridized carbons (Fsp3) is 0.700. The van der Waals surface area contributed by atoms with Gasteiger partial charge in [-0.2, -0.15) is 8.75 Å². The van der Waals surface area contributed by atoms with Crippen LogP contribution >= 0.6 is 23.5 Å². The van der Waals surface area contributed by atoms with Gasteiger partial charge >= 0.3 is 0 Å². The average molecular weight is 273 g/mol. The molecule has 5 nitrogen and oxygen atoms in total. The zero-order valence-corrected chi connectivity index (χ0v) is 11.4. The van der Waals surface area contributed by atoms with Crippen molar-refractivity contribution in [3.63, 3.8) is 0 Å². The van der Waals surface area contributed by atoms with Gasteiger partial charge in [0.15, 0.2) is 0 Å². The second-order valence-corrected chi connectivity index (χ2v) is 5.30. The van der Waals surface area contributed by atoms with Gasteiger partial charge in [-0.3, -0.25) is 4.79 Å². The minimum Gasteiger partial charge on any atom is -0.378 e. The van der Waals surface area contributed by atoms with E-state index in [2.05, 4.69) is 8.75 Å². The Bertz CT molecular complexity index is 377. The molecule has 0 aliphatic carbocycles. The molecule has 1 aliphatic heterocycles. The molecule has 0 atom stereocenters. The molecule has 0 spiro atoms. The Morgan fingerprint density at radius 3 is 2.88 bits per heavy atom. The monoisotopic (exact) mass is 273 g/mol. The summed E-state index contributed by atoms with van der Waals surface area (Å²) in [5.74, 6) is 1.47. The second-order valence-electron chi connectivity index (χ2n) is 3.78. The Morgan fingerprint density at radius 1 is 1.47 bits per heavy atom. The summed E-state index contributed by atoms with van der Waals surface area (Å²) >= 11 is 2.83. The minimum atomic E-state index is 0.194. The van der Waals surface area contributed by atoms with E-state index in [1.165, 1.54) is 11.7 Å². The van der Waals surface area contributed by atoms with E-state index in [0.29, 0.717) is 19.0 Å². The summed E-state index contributed by atoms with van der Waals surface area (Å²) in [5, 5.41) is 0. The topological polar surface area (TPSA) is 55.3 Å². The van der Waals surface area contributed by atoms with Crippen molar-refractivity contribution in [3.8, 4) is 0 Å². The van der Waals surface area contributed by atoms with Crippen molar-refractivity contribution in [3.05, 3.63) is 11.4 Å². The molecule has 2 heterocycles. The van der Waals surface area contributed by atoms with Gasteiger partial charge in [0.25, 0.3) is 0 Å². The Hall–Kier alpha value is -0.660. The second kappa shape index (κ2) is 6.32. The van der Waals surface area contributed by atoms with E-state index in [9.17, 15) is 4.79 Å². The molecule has 0 aromatic carbocycles. The van der Waals surface area contributed by atoms with E-state index in [4.69, 9.17) is 4.74 Å². The number of thioether (sulfide) groups is 1. The van der Waals surface area contributed by atoms with Crippen LogP contribution < -0.4 is 0 Å². The molecule has 0 N–H and O–H groups in total. The largest absolute Gasteiger partial charge is 0.378 e. The van der Waals surface area contributed by atoms with Gasteiger partial charge in [0.1, 0.15) is 0 Å². The maximum Gasteiger partial charge on any atom is 0.232 e. The van der Waals surface area contributed by atoms with Gasteiger partial charge in [-0.25, -0.2) is 0 Å². The summed E-state index contributed by atoms with van der Waals surface area (Å²) < 4.78 is 13.5. The van der Waals surface area contributed by atoms with Crippen molar-refractivity contribution in [2.45, 2.75) is 12.7 Å². The van der Waals surface area contributed by atoms with Crippen LogP contribution in [0.1, 0.15) is 11.4 Å². The lowest BCUT2D eigenvalue weighted by Crippen LogP contribution is -2.41. The highest BCUT2D eigenvalue weighted by Gasteiger charge is 2.16. The van der Waals surface area contributed by atoms with Crippen LogP contribution in [0.3, 0.4) is 0 Å². The van der Waals surface area contributed by atoms with Crippen molar-refractivity contribution in [2.24, 2.45) is 0 Å². The highest BCUT2D eigenvalue weighted by molar-refractivity contribution is 7.99. The van der Waals surface area contributed by atoms with E-state index in [1.54, 1.807) is 11.8 Å². The molecule has 0 saturated carbocycles. The number of aryl methyl sites for hydroxylation is 1. The van der Waals surface area contributed by atoms with Gasteiger partial charge in [-0.05, 0) is 6.92 Å². The van der Waals surface area contributed by atoms with Crippen molar-refractivity contribution in [2.75, 3.05) is 32.1 Å². The van der Waals surface area contributed by atoms with Crippen LogP contribution in [-0.2, 0) is 15.3 Å². The molecule has 1 aromatic heterocycles. The predicted molar refractivity (Wildman–Crippen MR) is 68.2 cm³/mol. The highest BCUT2D eigenvalue weighted by atomic mass is 32.2. The molecule has 1 saturated heterocycles. The van der Waals surface area contributed by atoms with Crippen LogP contribution in [0, 0.1) is 6.92 Å². The van der Waals surface area contributed by atoms with E-state index in [0.717, 1.165) is 30.2 Å². The number of aromatic nitrogens is 2. The first kappa shape index (κ1) is 12.8. The van der Waals surface area contributed by atoms with Crippen molar-refractivity contribution >= 4 is 29.4 Å². The predicted octanol–water partition coefficient (Wildman–Crippen LogP) is 0.939. The SMILES string of the molecule is Cc1nsnc1CSCC(=O)N1CCOCC1. The van der Waals surface area contributed by atoms with Gasteiger partial charge < -0.3 is 9.64 Å². The molecule has 1 fully saturated rings. The van der Waals surface area contributed by atoms with Gasteiger partial charge in [-0.15, -0.1) is 11.8 Å². The first-order valence-electron chi connectivity index (χ1n) is 5.48. The third-order valence-corrected chi connectivity index (χ3v) is 4.16. The highest BCUT2D eigenvalue weighted by Crippen LogP contribution is 2.14. The molecular weight excluding hydrogens is 258 g/mol. The fourth-order valence-electron chi connectivity index (χ4n) is 1.52. The molecule has 0 unspecified atom stereocenters. The Kier molecular flexibility index (Phi) is 4.75. The van der Waals surface area contributed by atoms with Crippen molar-refractivity contribution in [1.29, 1.82) is 0 Å². The summed E-state index contributed by atoms with van der Waals surface area (Å²) in [6, 6.07) is 0. The maximum absolute atomic E-state index is 11.8. The van der Waals surface area contributed by atoms with Crippen LogP contribution in [0.25, 0.3) is 0 Å². The van der Waals surface area contributed by atoms with E-state index >= 15 is 0 Å². The summed E-state index contributed by atoms with van der Waals surface area (Å²) in [6.45, 7) is 4.70. The zero-order valence-electron chi connectivity index (χ0n) is 9.72. The van der Waals surface area contributed by atoms with E-state index < -0.39 is 0 Å². The maximum atomic E-state index is 11.8. The standard InChI is InChI=1S/C10H15N3O2S2/c1-8-9(12-17-11-8)6-16-7-10(14)13-2-4-15-5-3-13/h2-7H2,1H3. The van der Waals surface area contributed by atoms with Crippen molar-refractivity contribution < 1.29 is 9.53 Å². The normalized spacial score (nSPS) is 16.2. The lowest BCUT2D eigenvalue weighted by molar-refractivity contribution is -0.132. The number of amides is 1. The van der Waals surface area contributed by atoms with Crippen molar-refractivity contribution in [1.82, 2.24) is 13.6 Å². The molecule has 7 heteroatoms. The zero-order chi connectivity index (χ0) is 12.1. The molecule has 1 aliphatic rings. The third kappa shape index (κ3) is 3.65. The number of carbonyl (C=O) groups is 1. The number of ether oxygens (including phenoxy) is 1. The Morgan fingerprint density at radius 2 is 2.24 bits per heavy atom. The number of hydrogen-bond acceptors (Lipinski definition) is 6. The molecule has 2 rings (SSSR count). The van der Waals surface area contributed by atoms with Gasteiger partial charge in [0.05, 0.1) is 42.1 Å². The lowest BCUT2D eigenvalue weighted by Gasteiger charge is -2.26. The lowest BCUT2D eigenvalue weighted by atomic mass is 10.4. The molecule has 0 radical (unpaired) electrons. The van der Waals surface area contributed by atoms with Gasteiger partial charge in [0, 0.05) is 18.8 Å². The van der Waals surface area contributed by atoms with Gasteiger partial charge in [-0.1, -0.05) is 0 Å². The summed E-state index contributed by atoms with van der Waals surface area (Å²) in [4.78, 5) is 13.7. The summed E-state index contributed by atoms with van der Waals surface area (Å²) in [5.41, 5.74) is 1.97. The first-order chi connectivity index (χ1) is 8.27. The number of morpholine rings is 1. The number of hydrogen-bond donors (Lipinski definition) is 0. The minimum absolute atomic E-state index is 0.194. The van der Waals surface area contributed by atoms with E-state index in [-0.39, 0.29) is 5.91 Å². The van der Waals surface area contributed by atoms with Crippen LogP contribution in [0.2, 0.25) is 0 Å². The smallest absolute Gasteiger partial charge is 0.232 e. The number of nitrogens with zero attached hydrogens (tertiary/aromatic N) is 3. The molecular formula is C10H15N3O2S2. The Balaban J connectivity index is 1.71. The fourth-order valence-corrected chi connectivity index (χ4v) is 3.09. The van der Waals surface area contributed by atoms with Crippen LogP contribution in [0.15, 0.2) is 0 Å². The third-order valence-electron chi connectivity index (χ3n) is 2.57. The first-order valence-corrected chi connectivity index (χ1v) is 7.37. The van der Waals surface area contributed by atoms with Crippen LogP contribution in [0.5, 0.6) is 0 Å². The van der Waals surface area contributed by atoms with Gasteiger partial charge in [0.2, 0.25) is 5.91 Å². The molecule has 1 amide bonds. The number of carbonyl (C=O) groups excluding carboxylic acids is 1. The molecule has 1 aromatic rings. The Labute approximate surface area is 109 Å². The van der Waals surface area contributed by atoms with Crippen LogP contribution in [-0.4, -0.2) is 51.6 Å². The molecule has 0 bridgehead atoms. The molecule has 17 heavy (non-hydrogen) atoms. The summed E-state index contributed by atoms with van der Waals surface area (Å²) in [6.07, 6.45) is 0. The molecule has 94 valence electrons. The summed E-state index contributed by atoms with van der Waals surface area (Å²) in [7, 11) is 0. The average Bonchev–Trinajstić information content (AvgIpc) is 2.76. The van der Waals surface area contributed by atoms with E-state index in [1.807, 2.05) is 11.8 Å². The van der Waals surface area contributed by atoms with Crippen LogP contribution in [0.4, 0.5) is 0 Å².